The van der Waals surface area contributed by atoms with Gasteiger partial charge in [0.05, 0.1) is 17.7 Å². The number of benzene rings is 3. The van der Waals surface area contributed by atoms with Gasteiger partial charge in [-0.05, 0) is 68.3 Å². The number of rotatable bonds is 10. The van der Waals surface area contributed by atoms with Gasteiger partial charge in [0.2, 0.25) is 11.8 Å². The number of methoxy groups -OCH3 is 1. The first-order chi connectivity index (χ1) is 18.0. The first kappa shape index (κ1) is 29.0. The third kappa shape index (κ3) is 6.46. The van der Waals surface area contributed by atoms with E-state index in [1.807, 2.05) is 6.92 Å². The van der Waals surface area contributed by atoms with Crippen LogP contribution in [0.25, 0.3) is 0 Å². The summed E-state index contributed by atoms with van der Waals surface area (Å²) in [5.41, 5.74) is 2.44. The Balaban J connectivity index is 2.06. The Morgan fingerprint density at radius 1 is 1.00 bits per heavy atom. The van der Waals surface area contributed by atoms with Crippen molar-refractivity contribution in [1.29, 1.82) is 0 Å². The van der Waals surface area contributed by atoms with Gasteiger partial charge in [-0.15, -0.1) is 0 Å². The highest BCUT2D eigenvalue weighted by atomic mass is 35.5. The monoisotopic (exact) mass is 557 g/mol. The second-order valence-electron chi connectivity index (χ2n) is 8.87. The molecule has 10 heteroatoms. The van der Waals surface area contributed by atoms with E-state index in [1.54, 1.807) is 75.6 Å². The van der Waals surface area contributed by atoms with Crippen molar-refractivity contribution >= 4 is 39.1 Å². The molecule has 1 atom stereocenters. The zero-order chi connectivity index (χ0) is 28.0. The molecule has 8 nitrogen and oxygen atoms in total. The van der Waals surface area contributed by atoms with Crippen LogP contribution in [0.4, 0.5) is 5.69 Å². The summed E-state index contributed by atoms with van der Waals surface area (Å²) in [7, 11) is -1.12. The fraction of sp³-hybridized carbons (Fsp3) is 0.286. The fourth-order valence-corrected chi connectivity index (χ4v) is 5.58. The Hall–Kier alpha value is -3.56. The molecule has 3 aromatic carbocycles. The second kappa shape index (κ2) is 12.3. The number of likely N-dealkylation sites (N-methyl/N-ethyl adjacent to an activating group) is 1. The summed E-state index contributed by atoms with van der Waals surface area (Å²) in [6, 6.07) is 17.5. The van der Waals surface area contributed by atoms with E-state index in [-0.39, 0.29) is 23.0 Å². The molecule has 38 heavy (non-hydrogen) atoms. The number of nitrogens with zero attached hydrogens (tertiary/aromatic N) is 2. The van der Waals surface area contributed by atoms with Crippen LogP contribution in [-0.2, 0) is 26.2 Å². The number of sulfonamides is 1. The zero-order valence-corrected chi connectivity index (χ0v) is 23.6. The summed E-state index contributed by atoms with van der Waals surface area (Å²) in [6.07, 6.45) is 0. The molecule has 0 fully saturated rings. The molecule has 1 N–H and O–H groups in total. The number of hydrogen-bond acceptors (Lipinski definition) is 5. The maximum atomic E-state index is 13.9. The van der Waals surface area contributed by atoms with Crippen LogP contribution in [0.3, 0.4) is 0 Å². The third-order valence-corrected chi connectivity index (χ3v) is 8.50. The van der Waals surface area contributed by atoms with Gasteiger partial charge in [-0.2, -0.15) is 0 Å². The summed E-state index contributed by atoms with van der Waals surface area (Å²) >= 11 is 6.34. The topological polar surface area (TPSA) is 96.0 Å². The highest BCUT2D eigenvalue weighted by Gasteiger charge is 2.33. The molecule has 1 unspecified atom stereocenters. The molecule has 0 radical (unpaired) electrons. The minimum Gasteiger partial charge on any atom is -0.497 e. The Morgan fingerprint density at radius 3 is 2.21 bits per heavy atom. The van der Waals surface area contributed by atoms with E-state index in [1.165, 1.54) is 24.1 Å². The quantitative estimate of drug-likeness (QED) is 0.400. The van der Waals surface area contributed by atoms with Gasteiger partial charge in [0.25, 0.3) is 10.0 Å². The summed E-state index contributed by atoms with van der Waals surface area (Å²) in [5, 5.41) is 2.93. The second-order valence-corrected chi connectivity index (χ2v) is 11.1. The van der Waals surface area contributed by atoms with Crippen molar-refractivity contribution in [2.75, 3.05) is 25.0 Å². The first-order valence-electron chi connectivity index (χ1n) is 12.0. The highest BCUT2D eigenvalue weighted by Crippen LogP contribution is 2.31. The van der Waals surface area contributed by atoms with Gasteiger partial charge in [-0.1, -0.05) is 47.5 Å². The Labute approximate surface area is 229 Å². The van der Waals surface area contributed by atoms with Crippen molar-refractivity contribution in [3.8, 4) is 5.75 Å². The van der Waals surface area contributed by atoms with Gasteiger partial charge in [0, 0.05) is 18.6 Å². The van der Waals surface area contributed by atoms with Crippen LogP contribution in [0.15, 0.2) is 71.6 Å². The predicted molar refractivity (Wildman–Crippen MR) is 149 cm³/mol. The lowest BCUT2D eigenvalue weighted by molar-refractivity contribution is -0.139. The number of carbonyl (C=O) groups excluding carboxylic acids is 2. The highest BCUT2D eigenvalue weighted by molar-refractivity contribution is 7.92. The van der Waals surface area contributed by atoms with Crippen LogP contribution in [0, 0.1) is 13.8 Å². The number of aryl methyl sites for hydroxylation is 1. The lowest BCUT2D eigenvalue weighted by Gasteiger charge is -2.32. The fourth-order valence-electron chi connectivity index (χ4n) is 3.94. The lowest BCUT2D eigenvalue weighted by Crippen LogP contribution is -2.50. The van der Waals surface area contributed by atoms with E-state index in [2.05, 4.69) is 5.32 Å². The Bertz CT molecular complexity index is 1390. The molecule has 3 aromatic rings. The van der Waals surface area contributed by atoms with E-state index in [0.717, 1.165) is 15.4 Å². The number of ether oxygens (including phenoxy) is 1. The van der Waals surface area contributed by atoms with Crippen LogP contribution in [-0.4, -0.2) is 51.9 Å². The van der Waals surface area contributed by atoms with E-state index < -0.39 is 28.5 Å². The largest absolute Gasteiger partial charge is 0.497 e. The maximum Gasteiger partial charge on any atom is 0.264 e. The van der Waals surface area contributed by atoms with E-state index in [4.69, 9.17) is 16.3 Å². The molecule has 0 spiro atoms. The normalized spacial score (nSPS) is 11.9. The van der Waals surface area contributed by atoms with Crippen LogP contribution in [0.1, 0.15) is 23.6 Å². The number of anilines is 1. The Kier molecular flexibility index (Phi) is 9.40. The van der Waals surface area contributed by atoms with Crippen LogP contribution >= 0.6 is 11.6 Å². The van der Waals surface area contributed by atoms with Crippen LogP contribution < -0.4 is 14.4 Å². The molecule has 3 rings (SSSR count). The van der Waals surface area contributed by atoms with Crippen molar-refractivity contribution in [2.24, 2.45) is 0 Å². The number of carbonyl (C=O) groups is 2. The van der Waals surface area contributed by atoms with Crippen LogP contribution in [0.5, 0.6) is 5.75 Å². The van der Waals surface area contributed by atoms with Gasteiger partial charge < -0.3 is 15.0 Å². The van der Waals surface area contributed by atoms with Gasteiger partial charge >= 0.3 is 0 Å². The average Bonchev–Trinajstić information content (AvgIpc) is 2.91. The number of hydrogen-bond donors (Lipinski definition) is 1. The van der Waals surface area contributed by atoms with Crippen molar-refractivity contribution < 1.29 is 22.7 Å². The summed E-state index contributed by atoms with van der Waals surface area (Å²) in [4.78, 5) is 27.8. The summed E-state index contributed by atoms with van der Waals surface area (Å²) in [6.45, 7) is 4.71. The molecule has 202 valence electrons. The molecule has 0 aliphatic heterocycles. The maximum absolute atomic E-state index is 13.9. The molecule has 2 amide bonds. The lowest BCUT2D eigenvalue weighted by atomic mass is 10.1. The predicted octanol–water partition coefficient (Wildman–Crippen LogP) is 4.32. The number of halogens is 1. The summed E-state index contributed by atoms with van der Waals surface area (Å²) < 4.78 is 34.0. The minimum atomic E-state index is -4.16. The molecule has 0 saturated carbocycles. The third-order valence-electron chi connectivity index (χ3n) is 6.32. The molecular weight excluding hydrogens is 526 g/mol. The minimum absolute atomic E-state index is 0.0383. The smallest absolute Gasteiger partial charge is 0.264 e. The van der Waals surface area contributed by atoms with E-state index >= 15 is 0 Å². The van der Waals surface area contributed by atoms with Crippen molar-refractivity contribution in [1.82, 2.24) is 10.2 Å². The van der Waals surface area contributed by atoms with Crippen molar-refractivity contribution in [3.63, 3.8) is 0 Å². The molecule has 0 saturated heterocycles. The summed E-state index contributed by atoms with van der Waals surface area (Å²) in [5.74, 6) is -0.275. The van der Waals surface area contributed by atoms with Gasteiger partial charge in [0.15, 0.2) is 0 Å². The molecule has 0 aliphatic carbocycles. The van der Waals surface area contributed by atoms with E-state index in [9.17, 15) is 18.0 Å². The number of nitrogens with one attached hydrogen (secondary N) is 1. The first-order valence-corrected chi connectivity index (χ1v) is 13.8. The van der Waals surface area contributed by atoms with Crippen LogP contribution in [0.2, 0.25) is 5.02 Å². The van der Waals surface area contributed by atoms with Crippen molar-refractivity contribution in [2.45, 2.75) is 38.3 Å². The SMILES string of the molecule is CNC(=O)C(C)N(Cc1ccc(OC)cc1)C(=O)CN(c1cccc(Cl)c1C)S(=O)(=O)c1ccc(C)cc1. The van der Waals surface area contributed by atoms with Crippen molar-refractivity contribution in [3.05, 3.63) is 88.4 Å². The standard InChI is InChI=1S/C28H32ClN3O5S/c1-19-9-15-24(16-10-19)38(35,36)32(26-8-6-7-25(29)20(26)2)18-27(33)31(21(3)28(34)30-4)17-22-11-13-23(37-5)14-12-22/h6-16,21H,17-18H2,1-5H3,(H,30,34). The van der Waals surface area contributed by atoms with Gasteiger partial charge in [0.1, 0.15) is 18.3 Å². The number of amides is 2. The molecular formula is C28H32ClN3O5S. The van der Waals surface area contributed by atoms with E-state index in [0.29, 0.717) is 16.3 Å². The molecule has 0 heterocycles. The molecule has 0 bridgehead atoms. The molecule has 0 aliphatic rings. The average molecular weight is 558 g/mol. The Morgan fingerprint density at radius 2 is 1.63 bits per heavy atom. The zero-order valence-electron chi connectivity index (χ0n) is 22.1. The van der Waals surface area contributed by atoms with Gasteiger partial charge in [-0.25, -0.2) is 8.42 Å². The van der Waals surface area contributed by atoms with Gasteiger partial charge in [-0.3, -0.25) is 13.9 Å². The molecule has 0 aromatic heterocycles.